The third-order valence-electron chi connectivity index (χ3n) is 2.22. The zero-order valence-electron chi connectivity index (χ0n) is 10.2. The summed E-state index contributed by atoms with van der Waals surface area (Å²) in [6.07, 6.45) is 2.72. The minimum Gasteiger partial charge on any atom is -0.478 e. The number of ether oxygens (including phenoxy) is 2. The maximum Gasteiger partial charge on any atom is 0.339 e. The third kappa shape index (κ3) is 3.19. The van der Waals surface area contributed by atoms with Crippen molar-refractivity contribution >= 4 is 5.97 Å². The van der Waals surface area contributed by atoms with Gasteiger partial charge in [-0.3, -0.25) is 4.98 Å². The Balaban J connectivity index is 2.26. The number of aromatic nitrogens is 2. The SMILES string of the molecule is CCOc1cccc(Oc2cnccc2C(=O)O)n1. The first-order chi connectivity index (χ1) is 9.20. The summed E-state index contributed by atoms with van der Waals surface area (Å²) >= 11 is 0. The molecule has 2 rings (SSSR count). The van der Waals surface area contributed by atoms with Gasteiger partial charge in [0.1, 0.15) is 5.56 Å². The van der Waals surface area contributed by atoms with Gasteiger partial charge in [-0.15, -0.1) is 0 Å². The van der Waals surface area contributed by atoms with Crippen LogP contribution in [-0.2, 0) is 0 Å². The van der Waals surface area contributed by atoms with Crippen LogP contribution in [0.5, 0.6) is 17.5 Å². The average molecular weight is 260 g/mol. The van der Waals surface area contributed by atoms with Crippen LogP contribution in [0.2, 0.25) is 0 Å². The molecule has 98 valence electrons. The van der Waals surface area contributed by atoms with E-state index in [1.165, 1.54) is 18.5 Å². The smallest absolute Gasteiger partial charge is 0.339 e. The van der Waals surface area contributed by atoms with Crippen molar-refractivity contribution in [2.45, 2.75) is 6.92 Å². The number of carboxylic acid groups (broad SMARTS) is 1. The van der Waals surface area contributed by atoms with Crippen LogP contribution in [-0.4, -0.2) is 27.7 Å². The highest BCUT2D eigenvalue weighted by Gasteiger charge is 2.12. The molecule has 6 nitrogen and oxygen atoms in total. The Morgan fingerprint density at radius 3 is 2.84 bits per heavy atom. The van der Waals surface area contributed by atoms with E-state index in [0.717, 1.165) is 0 Å². The quantitative estimate of drug-likeness (QED) is 0.888. The lowest BCUT2D eigenvalue weighted by atomic mass is 10.2. The molecule has 2 aromatic heterocycles. The molecular weight excluding hydrogens is 248 g/mol. The molecule has 1 N–H and O–H groups in total. The summed E-state index contributed by atoms with van der Waals surface area (Å²) in [6.45, 7) is 2.34. The second kappa shape index (κ2) is 5.81. The molecule has 0 aromatic carbocycles. The monoisotopic (exact) mass is 260 g/mol. The van der Waals surface area contributed by atoms with Gasteiger partial charge >= 0.3 is 5.97 Å². The van der Waals surface area contributed by atoms with Gasteiger partial charge in [0.2, 0.25) is 11.8 Å². The molecule has 0 fully saturated rings. The van der Waals surface area contributed by atoms with Crippen molar-refractivity contribution in [3.05, 3.63) is 42.2 Å². The molecule has 2 aromatic rings. The van der Waals surface area contributed by atoms with Crippen LogP contribution in [0.1, 0.15) is 17.3 Å². The van der Waals surface area contributed by atoms with Crippen LogP contribution >= 0.6 is 0 Å². The van der Waals surface area contributed by atoms with Crippen molar-refractivity contribution in [3.8, 4) is 17.5 Å². The Morgan fingerprint density at radius 2 is 2.11 bits per heavy atom. The first kappa shape index (κ1) is 12.8. The van der Waals surface area contributed by atoms with Gasteiger partial charge in [0.25, 0.3) is 0 Å². The molecule has 0 amide bonds. The Labute approximate surface area is 109 Å². The highest BCUT2D eigenvalue weighted by atomic mass is 16.5. The van der Waals surface area contributed by atoms with Crippen LogP contribution in [0, 0.1) is 0 Å². The molecule has 6 heteroatoms. The summed E-state index contributed by atoms with van der Waals surface area (Å²) in [6, 6.07) is 6.38. The molecule has 0 radical (unpaired) electrons. The molecule has 0 aliphatic heterocycles. The fourth-order valence-corrected chi connectivity index (χ4v) is 1.43. The van der Waals surface area contributed by atoms with E-state index in [1.807, 2.05) is 6.92 Å². The van der Waals surface area contributed by atoms with Crippen LogP contribution < -0.4 is 9.47 Å². The van der Waals surface area contributed by atoms with E-state index in [1.54, 1.807) is 18.2 Å². The topological polar surface area (TPSA) is 81.5 Å². The van der Waals surface area contributed by atoms with E-state index in [0.29, 0.717) is 12.5 Å². The first-order valence-corrected chi connectivity index (χ1v) is 5.65. The van der Waals surface area contributed by atoms with Crippen LogP contribution in [0.25, 0.3) is 0 Å². The van der Waals surface area contributed by atoms with Gasteiger partial charge in [0.15, 0.2) is 5.75 Å². The van der Waals surface area contributed by atoms with Crippen molar-refractivity contribution in [1.29, 1.82) is 0 Å². The summed E-state index contributed by atoms with van der Waals surface area (Å²) in [5.74, 6) is -0.281. The Hall–Kier alpha value is -2.63. The van der Waals surface area contributed by atoms with Gasteiger partial charge in [0.05, 0.1) is 12.8 Å². The van der Waals surface area contributed by atoms with Crippen molar-refractivity contribution in [2.75, 3.05) is 6.61 Å². The standard InChI is InChI=1S/C13H12N2O4/c1-2-18-11-4-3-5-12(15-11)19-10-8-14-7-6-9(10)13(16)17/h3-8H,2H2,1H3,(H,16,17). The van der Waals surface area contributed by atoms with Crippen LogP contribution in [0.3, 0.4) is 0 Å². The van der Waals surface area contributed by atoms with Gasteiger partial charge in [-0.2, -0.15) is 4.98 Å². The predicted molar refractivity (Wildman–Crippen MR) is 66.7 cm³/mol. The van der Waals surface area contributed by atoms with Gasteiger partial charge in [-0.1, -0.05) is 6.07 Å². The molecule has 0 unspecified atom stereocenters. The van der Waals surface area contributed by atoms with E-state index in [-0.39, 0.29) is 17.2 Å². The average Bonchev–Trinajstić information content (AvgIpc) is 2.40. The van der Waals surface area contributed by atoms with Crippen molar-refractivity contribution in [3.63, 3.8) is 0 Å². The maximum absolute atomic E-state index is 11.0. The highest BCUT2D eigenvalue weighted by Crippen LogP contribution is 2.24. The molecule has 0 bridgehead atoms. The number of carbonyl (C=O) groups is 1. The predicted octanol–water partition coefficient (Wildman–Crippen LogP) is 2.37. The van der Waals surface area contributed by atoms with E-state index in [9.17, 15) is 4.79 Å². The number of hydrogen-bond donors (Lipinski definition) is 1. The number of carboxylic acids is 1. The first-order valence-electron chi connectivity index (χ1n) is 5.65. The molecule has 0 aliphatic carbocycles. The number of nitrogens with zero attached hydrogens (tertiary/aromatic N) is 2. The van der Waals surface area contributed by atoms with Gasteiger partial charge < -0.3 is 14.6 Å². The lowest BCUT2D eigenvalue weighted by Gasteiger charge is -2.08. The van der Waals surface area contributed by atoms with E-state index in [4.69, 9.17) is 14.6 Å². The lowest BCUT2D eigenvalue weighted by molar-refractivity contribution is 0.0694. The molecule has 2 heterocycles. The third-order valence-corrected chi connectivity index (χ3v) is 2.22. The summed E-state index contributed by atoms with van der Waals surface area (Å²) in [5.41, 5.74) is 0.0265. The second-order valence-electron chi connectivity index (χ2n) is 3.53. The second-order valence-corrected chi connectivity index (χ2v) is 3.53. The summed E-state index contributed by atoms with van der Waals surface area (Å²) in [7, 11) is 0. The summed E-state index contributed by atoms with van der Waals surface area (Å²) in [5, 5.41) is 9.03. The molecule has 0 spiro atoms. The van der Waals surface area contributed by atoms with Crippen molar-refractivity contribution in [1.82, 2.24) is 9.97 Å². The largest absolute Gasteiger partial charge is 0.478 e. The minimum absolute atomic E-state index is 0.0265. The van der Waals surface area contributed by atoms with E-state index >= 15 is 0 Å². The highest BCUT2D eigenvalue weighted by molar-refractivity contribution is 5.90. The fraction of sp³-hybridized carbons (Fsp3) is 0.154. The number of hydrogen-bond acceptors (Lipinski definition) is 5. The zero-order chi connectivity index (χ0) is 13.7. The molecule has 0 saturated carbocycles. The molecule has 0 aliphatic rings. The normalized spacial score (nSPS) is 9.95. The Morgan fingerprint density at radius 1 is 1.32 bits per heavy atom. The fourth-order valence-electron chi connectivity index (χ4n) is 1.43. The molecular formula is C13H12N2O4. The Kier molecular flexibility index (Phi) is 3.92. The summed E-state index contributed by atoms with van der Waals surface area (Å²) < 4.78 is 10.7. The van der Waals surface area contributed by atoms with Crippen molar-refractivity contribution < 1.29 is 19.4 Å². The van der Waals surface area contributed by atoms with E-state index in [2.05, 4.69) is 9.97 Å². The van der Waals surface area contributed by atoms with Crippen LogP contribution in [0.15, 0.2) is 36.7 Å². The molecule has 0 saturated heterocycles. The summed E-state index contributed by atoms with van der Waals surface area (Å²) in [4.78, 5) is 19.0. The molecule has 0 atom stereocenters. The van der Waals surface area contributed by atoms with Crippen LogP contribution in [0.4, 0.5) is 0 Å². The zero-order valence-corrected chi connectivity index (χ0v) is 10.2. The maximum atomic E-state index is 11.0. The van der Waals surface area contributed by atoms with Gasteiger partial charge in [-0.25, -0.2) is 4.79 Å². The van der Waals surface area contributed by atoms with Gasteiger partial charge in [0, 0.05) is 18.3 Å². The van der Waals surface area contributed by atoms with Gasteiger partial charge in [-0.05, 0) is 13.0 Å². The minimum atomic E-state index is -1.08. The molecule has 19 heavy (non-hydrogen) atoms. The number of rotatable bonds is 5. The van der Waals surface area contributed by atoms with Crippen molar-refractivity contribution in [2.24, 2.45) is 0 Å². The lowest BCUT2D eigenvalue weighted by Crippen LogP contribution is -2.01. The number of aromatic carboxylic acids is 1. The number of pyridine rings is 2. The van der Waals surface area contributed by atoms with E-state index < -0.39 is 5.97 Å². The Bertz CT molecular complexity index is 586.